The molecule has 0 unspecified atom stereocenters. The number of carbonyl (C=O) groups excluding carboxylic acids is 1. The topological polar surface area (TPSA) is 20.3 Å². The lowest BCUT2D eigenvalue weighted by Crippen LogP contribution is -2.36. The Hall–Kier alpha value is -0.730. The standard InChI is InChI=1S/C12H15Cl2NO/c1-4-15(8(2)3)12(16)9-5-6-10(13)11(14)7-9/h5-8H,4H2,1-3H3. The summed E-state index contributed by atoms with van der Waals surface area (Å²) in [6.07, 6.45) is 0. The van der Waals surface area contributed by atoms with Crippen molar-refractivity contribution in [2.45, 2.75) is 26.8 Å². The van der Waals surface area contributed by atoms with Gasteiger partial charge in [0, 0.05) is 18.2 Å². The van der Waals surface area contributed by atoms with Gasteiger partial charge in [-0.1, -0.05) is 23.2 Å². The molecule has 0 N–H and O–H groups in total. The van der Waals surface area contributed by atoms with E-state index < -0.39 is 0 Å². The molecule has 0 radical (unpaired) electrons. The van der Waals surface area contributed by atoms with Crippen molar-refractivity contribution in [1.29, 1.82) is 0 Å². The second-order valence-corrected chi connectivity index (χ2v) is 4.63. The van der Waals surface area contributed by atoms with Crippen LogP contribution in [0.1, 0.15) is 31.1 Å². The monoisotopic (exact) mass is 259 g/mol. The van der Waals surface area contributed by atoms with Crippen LogP contribution in [0.5, 0.6) is 0 Å². The summed E-state index contributed by atoms with van der Waals surface area (Å²) in [5.74, 6) is -0.0175. The van der Waals surface area contributed by atoms with Gasteiger partial charge in [0.2, 0.25) is 0 Å². The van der Waals surface area contributed by atoms with E-state index >= 15 is 0 Å². The average molecular weight is 260 g/mol. The van der Waals surface area contributed by atoms with E-state index in [1.807, 2.05) is 20.8 Å². The Morgan fingerprint density at radius 3 is 2.38 bits per heavy atom. The summed E-state index contributed by atoms with van der Waals surface area (Å²) >= 11 is 11.7. The molecular formula is C12H15Cl2NO. The fourth-order valence-electron chi connectivity index (χ4n) is 1.54. The van der Waals surface area contributed by atoms with Gasteiger partial charge in [-0.05, 0) is 39.0 Å². The molecule has 2 nitrogen and oxygen atoms in total. The van der Waals surface area contributed by atoms with Crippen LogP contribution >= 0.6 is 23.2 Å². The second kappa shape index (κ2) is 5.55. The summed E-state index contributed by atoms with van der Waals surface area (Å²) in [6.45, 7) is 6.60. The molecule has 0 aromatic heterocycles. The van der Waals surface area contributed by atoms with E-state index in [9.17, 15) is 4.79 Å². The number of hydrogen-bond acceptors (Lipinski definition) is 1. The van der Waals surface area contributed by atoms with Crippen LogP contribution in [-0.2, 0) is 0 Å². The number of halogens is 2. The van der Waals surface area contributed by atoms with Gasteiger partial charge in [0.15, 0.2) is 0 Å². The van der Waals surface area contributed by atoms with Gasteiger partial charge in [0.05, 0.1) is 10.0 Å². The van der Waals surface area contributed by atoms with Gasteiger partial charge in [0.1, 0.15) is 0 Å². The van der Waals surface area contributed by atoms with Crippen molar-refractivity contribution in [2.75, 3.05) is 6.54 Å². The van der Waals surface area contributed by atoms with Crippen LogP contribution < -0.4 is 0 Å². The van der Waals surface area contributed by atoms with Gasteiger partial charge in [-0.15, -0.1) is 0 Å². The number of hydrogen-bond donors (Lipinski definition) is 0. The maximum Gasteiger partial charge on any atom is 0.254 e. The Bertz CT molecular complexity index is 391. The molecule has 16 heavy (non-hydrogen) atoms. The summed E-state index contributed by atoms with van der Waals surface area (Å²) in [5.41, 5.74) is 0.574. The van der Waals surface area contributed by atoms with Gasteiger partial charge in [-0.3, -0.25) is 4.79 Å². The number of nitrogens with zero attached hydrogens (tertiary/aromatic N) is 1. The predicted molar refractivity (Wildman–Crippen MR) is 68.3 cm³/mol. The maximum atomic E-state index is 12.1. The lowest BCUT2D eigenvalue weighted by atomic mass is 10.1. The molecular weight excluding hydrogens is 245 g/mol. The molecule has 0 heterocycles. The minimum absolute atomic E-state index is 0.0175. The third kappa shape index (κ3) is 2.89. The summed E-state index contributed by atoms with van der Waals surface area (Å²) in [6, 6.07) is 5.12. The first-order valence-electron chi connectivity index (χ1n) is 5.23. The van der Waals surface area contributed by atoms with Crippen molar-refractivity contribution >= 4 is 29.1 Å². The van der Waals surface area contributed by atoms with Crippen molar-refractivity contribution in [2.24, 2.45) is 0 Å². The highest BCUT2D eigenvalue weighted by atomic mass is 35.5. The molecule has 4 heteroatoms. The van der Waals surface area contributed by atoms with E-state index in [1.54, 1.807) is 23.1 Å². The molecule has 1 aromatic carbocycles. The zero-order chi connectivity index (χ0) is 12.3. The van der Waals surface area contributed by atoms with Gasteiger partial charge >= 0.3 is 0 Å². The lowest BCUT2D eigenvalue weighted by molar-refractivity contribution is 0.0717. The third-order valence-corrected chi connectivity index (χ3v) is 3.13. The molecule has 0 aliphatic carbocycles. The smallest absolute Gasteiger partial charge is 0.254 e. The van der Waals surface area contributed by atoms with Crippen LogP contribution in [0, 0.1) is 0 Å². The van der Waals surface area contributed by atoms with Gasteiger partial charge in [0.25, 0.3) is 5.91 Å². The Morgan fingerprint density at radius 2 is 1.94 bits per heavy atom. The van der Waals surface area contributed by atoms with E-state index in [-0.39, 0.29) is 11.9 Å². The maximum absolute atomic E-state index is 12.1. The minimum atomic E-state index is -0.0175. The van der Waals surface area contributed by atoms with Crippen LogP contribution in [0.2, 0.25) is 10.0 Å². The molecule has 0 saturated heterocycles. The lowest BCUT2D eigenvalue weighted by Gasteiger charge is -2.25. The molecule has 0 spiro atoms. The molecule has 0 fully saturated rings. The summed E-state index contributed by atoms with van der Waals surface area (Å²) in [5, 5.41) is 0.873. The Balaban J connectivity index is 2.99. The zero-order valence-corrected chi connectivity index (χ0v) is 11.1. The van der Waals surface area contributed by atoms with E-state index in [0.29, 0.717) is 22.2 Å². The Kier molecular flexibility index (Phi) is 4.63. The SMILES string of the molecule is CCN(C(=O)c1ccc(Cl)c(Cl)c1)C(C)C. The highest BCUT2D eigenvalue weighted by Crippen LogP contribution is 2.23. The molecule has 0 aliphatic heterocycles. The molecule has 0 saturated carbocycles. The van der Waals surface area contributed by atoms with Crippen molar-refractivity contribution in [3.63, 3.8) is 0 Å². The largest absolute Gasteiger partial charge is 0.337 e. The van der Waals surface area contributed by atoms with E-state index in [4.69, 9.17) is 23.2 Å². The molecule has 1 aromatic rings. The number of benzene rings is 1. The first-order chi connectivity index (χ1) is 7.47. The van der Waals surface area contributed by atoms with Crippen molar-refractivity contribution in [3.05, 3.63) is 33.8 Å². The van der Waals surface area contributed by atoms with E-state index in [0.717, 1.165) is 0 Å². The van der Waals surface area contributed by atoms with Crippen molar-refractivity contribution < 1.29 is 4.79 Å². The van der Waals surface area contributed by atoms with Crippen LogP contribution in [0.15, 0.2) is 18.2 Å². The minimum Gasteiger partial charge on any atom is -0.337 e. The quantitative estimate of drug-likeness (QED) is 0.808. The first kappa shape index (κ1) is 13.3. The van der Waals surface area contributed by atoms with E-state index in [2.05, 4.69) is 0 Å². The average Bonchev–Trinajstić information content (AvgIpc) is 2.22. The Morgan fingerprint density at radius 1 is 1.31 bits per heavy atom. The van der Waals surface area contributed by atoms with Crippen molar-refractivity contribution in [3.8, 4) is 0 Å². The molecule has 88 valence electrons. The third-order valence-electron chi connectivity index (χ3n) is 2.39. The highest BCUT2D eigenvalue weighted by molar-refractivity contribution is 6.42. The van der Waals surface area contributed by atoms with Crippen LogP contribution in [0.3, 0.4) is 0 Å². The summed E-state index contributed by atoms with van der Waals surface area (Å²) in [7, 11) is 0. The fraction of sp³-hybridized carbons (Fsp3) is 0.417. The summed E-state index contributed by atoms with van der Waals surface area (Å²) < 4.78 is 0. The van der Waals surface area contributed by atoms with Crippen LogP contribution in [0.25, 0.3) is 0 Å². The molecule has 0 aliphatic rings. The van der Waals surface area contributed by atoms with Crippen molar-refractivity contribution in [1.82, 2.24) is 4.90 Å². The molecule has 1 amide bonds. The zero-order valence-electron chi connectivity index (χ0n) is 9.63. The summed E-state index contributed by atoms with van der Waals surface area (Å²) in [4.78, 5) is 13.9. The first-order valence-corrected chi connectivity index (χ1v) is 5.99. The van der Waals surface area contributed by atoms with E-state index in [1.165, 1.54) is 0 Å². The number of rotatable bonds is 3. The normalized spacial score (nSPS) is 10.6. The molecule has 0 atom stereocenters. The van der Waals surface area contributed by atoms with Crippen LogP contribution in [0.4, 0.5) is 0 Å². The highest BCUT2D eigenvalue weighted by Gasteiger charge is 2.17. The number of carbonyl (C=O) groups is 1. The van der Waals surface area contributed by atoms with Crippen LogP contribution in [-0.4, -0.2) is 23.4 Å². The van der Waals surface area contributed by atoms with Gasteiger partial charge in [-0.2, -0.15) is 0 Å². The fourth-order valence-corrected chi connectivity index (χ4v) is 1.84. The Labute approximate surface area is 106 Å². The van der Waals surface area contributed by atoms with Gasteiger partial charge < -0.3 is 4.90 Å². The van der Waals surface area contributed by atoms with Gasteiger partial charge in [-0.25, -0.2) is 0 Å². The number of amides is 1. The molecule has 1 rings (SSSR count). The molecule has 0 bridgehead atoms. The second-order valence-electron chi connectivity index (χ2n) is 3.81. The predicted octanol–water partition coefficient (Wildman–Crippen LogP) is 3.86.